The number of hydrogen-bond donors (Lipinski definition) is 1. The predicted molar refractivity (Wildman–Crippen MR) is 115 cm³/mol. The SMILES string of the molecule is CCCCCN(Cc1cccn1Cc1cccc(F)c1)C(=O)NC1CCCCC1. The maximum Gasteiger partial charge on any atom is 0.317 e. The molecule has 0 spiro atoms. The molecule has 4 nitrogen and oxygen atoms in total. The van der Waals surface area contributed by atoms with Gasteiger partial charge in [0.15, 0.2) is 0 Å². The molecule has 2 aromatic rings. The molecule has 158 valence electrons. The van der Waals surface area contributed by atoms with E-state index >= 15 is 0 Å². The van der Waals surface area contributed by atoms with E-state index in [1.165, 1.54) is 25.3 Å². The minimum atomic E-state index is -0.218. The van der Waals surface area contributed by atoms with Crippen LogP contribution in [0.25, 0.3) is 0 Å². The quantitative estimate of drug-likeness (QED) is 0.539. The Kier molecular flexibility index (Phi) is 8.14. The Labute approximate surface area is 174 Å². The number of unbranched alkanes of at least 4 members (excludes halogenated alkanes) is 2. The molecular formula is C24H34FN3O. The summed E-state index contributed by atoms with van der Waals surface area (Å²) < 4.78 is 15.6. The summed E-state index contributed by atoms with van der Waals surface area (Å²) in [6, 6.07) is 11.1. The number of urea groups is 1. The van der Waals surface area contributed by atoms with E-state index in [1.54, 1.807) is 12.1 Å². The Morgan fingerprint density at radius 2 is 2.00 bits per heavy atom. The molecule has 1 aliphatic rings. The van der Waals surface area contributed by atoms with Crippen molar-refractivity contribution >= 4 is 6.03 Å². The number of amides is 2. The van der Waals surface area contributed by atoms with Crippen LogP contribution in [0.2, 0.25) is 0 Å². The number of rotatable bonds is 9. The van der Waals surface area contributed by atoms with Crippen molar-refractivity contribution in [1.29, 1.82) is 0 Å². The zero-order valence-corrected chi connectivity index (χ0v) is 17.6. The van der Waals surface area contributed by atoms with Gasteiger partial charge in [-0.3, -0.25) is 0 Å². The Morgan fingerprint density at radius 1 is 1.17 bits per heavy atom. The van der Waals surface area contributed by atoms with Gasteiger partial charge in [-0.2, -0.15) is 0 Å². The highest BCUT2D eigenvalue weighted by atomic mass is 19.1. The number of nitrogens with zero attached hydrogens (tertiary/aromatic N) is 2. The van der Waals surface area contributed by atoms with E-state index in [-0.39, 0.29) is 11.8 Å². The molecule has 1 aliphatic carbocycles. The van der Waals surface area contributed by atoms with E-state index in [0.29, 0.717) is 19.1 Å². The van der Waals surface area contributed by atoms with Gasteiger partial charge in [-0.1, -0.05) is 51.2 Å². The van der Waals surface area contributed by atoms with E-state index in [0.717, 1.165) is 49.9 Å². The highest BCUT2D eigenvalue weighted by molar-refractivity contribution is 5.74. The second-order valence-corrected chi connectivity index (χ2v) is 8.17. The van der Waals surface area contributed by atoms with Crippen LogP contribution in [0.15, 0.2) is 42.6 Å². The molecule has 3 rings (SSSR count). The van der Waals surface area contributed by atoms with Crippen molar-refractivity contribution in [2.75, 3.05) is 6.54 Å². The zero-order valence-electron chi connectivity index (χ0n) is 17.6. The summed E-state index contributed by atoms with van der Waals surface area (Å²) in [6.07, 6.45) is 11.1. The summed E-state index contributed by atoms with van der Waals surface area (Å²) in [5.74, 6) is -0.218. The van der Waals surface area contributed by atoms with Gasteiger partial charge in [0.2, 0.25) is 0 Å². The minimum Gasteiger partial charge on any atom is -0.345 e. The zero-order chi connectivity index (χ0) is 20.5. The van der Waals surface area contributed by atoms with Gasteiger partial charge in [-0.05, 0) is 49.1 Å². The number of benzene rings is 1. The van der Waals surface area contributed by atoms with Crippen molar-refractivity contribution in [1.82, 2.24) is 14.8 Å². The molecule has 1 aromatic heterocycles. The van der Waals surface area contributed by atoms with Gasteiger partial charge < -0.3 is 14.8 Å². The number of aromatic nitrogens is 1. The van der Waals surface area contributed by atoms with Crippen molar-refractivity contribution in [3.8, 4) is 0 Å². The smallest absolute Gasteiger partial charge is 0.317 e. The molecule has 1 N–H and O–H groups in total. The second kappa shape index (κ2) is 11.0. The summed E-state index contributed by atoms with van der Waals surface area (Å²) in [7, 11) is 0. The first-order valence-corrected chi connectivity index (χ1v) is 11.1. The number of nitrogens with one attached hydrogen (secondary N) is 1. The molecule has 29 heavy (non-hydrogen) atoms. The van der Waals surface area contributed by atoms with Crippen molar-refractivity contribution < 1.29 is 9.18 Å². The van der Waals surface area contributed by atoms with Crippen LogP contribution in [0, 0.1) is 5.82 Å². The molecule has 1 fully saturated rings. The molecule has 0 atom stereocenters. The van der Waals surface area contributed by atoms with Crippen LogP contribution < -0.4 is 5.32 Å². The molecule has 2 amide bonds. The molecule has 1 saturated carbocycles. The first-order valence-electron chi connectivity index (χ1n) is 11.1. The predicted octanol–water partition coefficient (Wildman–Crippen LogP) is 5.71. The third kappa shape index (κ3) is 6.62. The second-order valence-electron chi connectivity index (χ2n) is 8.17. The summed E-state index contributed by atoms with van der Waals surface area (Å²) in [5.41, 5.74) is 2.00. The number of hydrogen-bond acceptors (Lipinski definition) is 1. The molecule has 0 saturated heterocycles. The van der Waals surface area contributed by atoms with Gasteiger partial charge in [0.25, 0.3) is 0 Å². The largest absolute Gasteiger partial charge is 0.345 e. The third-order valence-corrected chi connectivity index (χ3v) is 5.77. The van der Waals surface area contributed by atoms with Crippen LogP contribution in [-0.2, 0) is 13.1 Å². The normalized spacial score (nSPS) is 14.7. The van der Waals surface area contributed by atoms with Crippen LogP contribution in [0.3, 0.4) is 0 Å². The Balaban J connectivity index is 1.66. The Bertz CT molecular complexity index is 767. The summed E-state index contributed by atoms with van der Waals surface area (Å²) in [4.78, 5) is 14.9. The summed E-state index contributed by atoms with van der Waals surface area (Å²) in [5, 5.41) is 3.26. The average Bonchev–Trinajstić information content (AvgIpc) is 3.14. The van der Waals surface area contributed by atoms with Gasteiger partial charge in [0, 0.05) is 31.0 Å². The summed E-state index contributed by atoms with van der Waals surface area (Å²) in [6.45, 7) is 4.12. The Morgan fingerprint density at radius 3 is 2.76 bits per heavy atom. The summed E-state index contributed by atoms with van der Waals surface area (Å²) >= 11 is 0. The van der Waals surface area contributed by atoms with E-state index in [9.17, 15) is 9.18 Å². The van der Waals surface area contributed by atoms with E-state index in [1.807, 2.05) is 23.2 Å². The molecule has 5 heteroatoms. The monoisotopic (exact) mass is 399 g/mol. The third-order valence-electron chi connectivity index (χ3n) is 5.77. The van der Waals surface area contributed by atoms with Crippen molar-refractivity contribution in [3.05, 3.63) is 59.7 Å². The highest BCUT2D eigenvalue weighted by Crippen LogP contribution is 2.18. The van der Waals surface area contributed by atoms with E-state index < -0.39 is 0 Å². The number of carbonyl (C=O) groups excluding carboxylic acids is 1. The fourth-order valence-corrected chi connectivity index (χ4v) is 4.09. The topological polar surface area (TPSA) is 37.3 Å². The maximum atomic E-state index is 13.5. The lowest BCUT2D eigenvalue weighted by Gasteiger charge is -2.29. The van der Waals surface area contributed by atoms with Crippen LogP contribution >= 0.6 is 0 Å². The van der Waals surface area contributed by atoms with Crippen LogP contribution in [-0.4, -0.2) is 28.1 Å². The van der Waals surface area contributed by atoms with Crippen LogP contribution in [0.4, 0.5) is 9.18 Å². The number of halogens is 1. The van der Waals surface area contributed by atoms with Gasteiger partial charge in [-0.25, -0.2) is 9.18 Å². The average molecular weight is 400 g/mol. The maximum absolute atomic E-state index is 13.5. The molecule has 0 unspecified atom stereocenters. The van der Waals surface area contributed by atoms with Crippen molar-refractivity contribution in [2.24, 2.45) is 0 Å². The van der Waals surface area contributed by atoms with Crippen LogP contribution in [0.1, 0.15) is 69.5 Å². The standard InChI is InChI=1S/C24H34FN3O/c1-2-3-7-15-28(24(29)26-22-12-5-4-6-13-22)19-23-14-9-16-27(23)18-20-10-8-11-21(25)17-20/h8-11,14,16-17,22H,2-7,12-13,15,18-19H2,1H3,(H,26,29). The minimum absolute atomic E-state index is 0.0477. The highest BCUT2D eigenvalue weighted by Gasteiger charge is 2.20. The first kappa shape index (κ1) is 21.4. The van der Waals surface area contributed by atoms with E-state index in [4.69, 9.17) is 0 Å². The van der Waals surface area contributed by atoms with Crippen molar-refractivity contribution in [3.63, 3.8) is 0 Å². The fraction of sp³-hybridized carbons (Fsp3) is 0.542. The molecule has 0 aliphatic heterocycles. The van der Waals surface area contributed by atoms with Gasteiger partial charge >= 0.3 is 6.03 Å². The van der Waals surface area contributed by atoms with E-state index in [2.05, 4.69) is 22.9 Å². The molecular weight excluding hydrogens is 365 g/mol. The lowest BCUT2D eigenvalue weighted by Crippen LogP contribution is -2.45. The number of carbonyl (C=O) groups is 1. The van der Waals surface area contributed by atoms with Crippen molar-refractivity contribution in [2.45, 2.75) is 77.4 Å². The Hall–Kier alpha value is -2.30. The van der Waals surface area contributed by atoms with Crippen LogP contribution in [0.5, 0.6) is 0 Å². The molecule has 1 heterocycles. The molecule has 0 bridgehead atoms. The molecule has 0 radical (unpaired) electrons. The van der Waals surface area contributed by atoms with Gasteiger partial charge in [0.1, 0.15) is 5.82 Å². The first-order chi connectivity index (χ1) is 14.2. The van der Waals surface area contributed by atoms with Gasteiger partial charge in [0.05, 0.1) is 6.54 Å². The van der Waals surface area contributed by atoms with Gasteiger partial charge in [-0.15, -0.1) is 0 Å². The lowest BCUT2D eigenvalue weighted by atomic mass is 9.96. The fourth-order valence-electron chi connectivity index (χ4n) is 4.09. The lowest BCUT2D eigenvalue weighted by molar-refractivity contribution is 0.185. The molecule has 1 aromatic carbocycles.